The summed E-state index contributed by atoms with van der Waals surface area (Å²) >= 11 is 0. The molecule has 2 rings (SSSR count). The van der Waals surface area contributed by atoms with Crippen molar-refractivity contribution in [1.29, 1.82) is 0 Å². The average molecular weight is 290 g/mol. The van der Waals surface area contributed by atoms with E-state index in [1.54, 1.807) is 4.68 Å². The van der Waals surface area contributed by atoms with E-state index in [0.29, 0.717) is 18.8 Å². The van der Waals surface area contributed by atoms with Gasteiger partial charge in [0.2, 0.25) is 0 Å². The lowest BCUT2D eigenvalue weighted by Crippen LogP contribution is -2.23. The number of fused-ring (bicyclic) bond motifs is 1. The number of benzene rings is 1. The van der Waals surface area contributed by atoms with Crippen molar-refractivity contribution in [3.05, 3.63) is 30.0 Å². The predicted octanol–water partition coefficient (Wildman–Crippen LogP) is 2.42. The zero-order chi connectivity index (χ0) is 15.2. The number of hydrogen-bond donors (Lipinski definition) is 1. The van der Waals surface area contributed by atoms with Crippen molar-refractivity contribution in [2.24, 2.45) is 0 Å². The van der Waals surface area contributed by atoms with E-state index in [-0.39, 0.29) is 12.4 Å². The lowest BCUT2D eigenvalue weighted by molar-refractivity contribution is 0.0259. The molecule has 1 aromatic heterocycles. The smallest absolute Gasteiger partial charge is 0.180 e. The van der Waals surface area contributed by atoms with Gasteiger partial charge in [-0.1, -0.05) is 31.5 Å². The Kier molecular flexibility index (Phi) is 5.47. The van der Waals surface area contributed by atoms with Crippen molar-refractivity contribution in [1.82, 2.24) is 9.78 Å². The molecule has 0 saturated heterocycles. The molecule has 1 unspecified atom stereocenters. The Balaban J connectivity index is 2.09. The van der Waals surface area contributed by atoms with Crippen molar-refractivity contribution in [3.8, 4) is 0 Å². The van der Waals surface area contributed by atoms with E-state index in [9.17, 15) is 9.90 Å². The Hall–Kier alpha value is -1.72. The summed E-state index contributed by atoms with van der Waals surface area (Å²) in [5.41, 5.74) is 1.31. The van der Waals surface area contributed by atoms with Gasteiger partial charge in [-0.2, -0.15) is 5.10 Å². The molecule has 1 atom stereocenters. The summed E-state index contributed by atoms with van der Waals surface area (Å²) < 4.78 is 7.10. The lowest BCUT2D eigenvalue weighted by atomic mass is 10.2. The van der Waals surface area contributed by atoms with Crippen molar-refractivity contribution in [2.45, 2.75) is 39.3 Å². The van der Waals surface area contributed by atoms with Crippen molar-refractivity contribution in [3.63, 3.8) is 0 Å². The number of hydrogen-bond acceptors (Lipinski definition) is 4. The van der Waals surface area contributed by atoms with E-state index in [2.05, 4.69) is 12.0 Å². The number of carbonyl (C=O) groups is 1. The minimum absolute atomic E-state index is 0.0707. The first-order valence-corrected chi connectivity index (χ1v) is 7.35. The van der Waals surface area contributed by atoms with Crippen molar-refractivity contribution >= 4 is 16.7 Å². The molecule has 1 heterocycles. The summed E-state index contributed by atoms with van der Waals surface area (Å²) in [6, 6.07) is 7.55. The fourth-order valence-corrected chi connectivity index (χ4v) is 2.24. The standard InChI is InChI=1S/C16H22N2O3/c1-3-4-9-21-11-13(20)10-18-15-8-6-5-7-14(15)16(17-18)12(2)19/h5-8,13,20H,3-4,9-11H2,1-2H3. The molecule has 0 saturated carbocycles. The Labute approximate surface area is 124 Å². The summed E-state index contributed by atoms with van der Waals surface area (Å²) in [5, 5.41) is 15.2. The summed E-state index contributed by atoms with van der Waals surface area (Å²) in [7, 11) is 0. The van der Waals surface area contributed by atoms with E-state index < -0.39 is 6.10 Å². The van der Waals surface area contributed by atoms with Crippen LogP contribution in [0.2, 0.25) is 0 Å². The quantitative estimate of drug-likeness (QED) is 0.599. The van der Waals surface area contributed by atoms with Crippen LogP contribution in [-0.2, 0) is 11.3 Å². The van der Waals surface area contributed by atoms with Crippen LogP contribution in [-0.4, -0.2) is 40.0 Å². The third-order valence-corrected chi connectivity index (χ3v) is 3.33. The predicted molar refractivity (Wildman–Crippen MR) is 81.5 cm³/mol. The highest BCUT2D eigenvalue weighted by Gasteiger charge is 2.15. The van der Waals surface area contributed by atoms with Gasteiger partial charge in [0.25, 0.3) is 0 Å². The number of para-hydroxylation sites is 1. The normalized spacial score (nSPS) is 12.7. The molecule has 0 fully saturated rings. The molecule has 0 aliphatic rings. The second-order valence-electron chi connectivity index (χ2n) is 5.19. The molecular formula is C16H22N2O3. The average Bonchev–Trinajstić information content (AvgIpc) is 2.83. The van der Waals surface area contributed by atoms with Crippen LogP contribution in [0, 0.1) is 0 Å². The van der Waals surface area contributed by atoms with E-state index in [1.165, 1.54) is 6.92 Å². The van der Waals surface area contributed by atoms with E-state index >= 15 is 0 Å². The molecule has 0 aliphatic heterocycles. The van der Waals surface area contributed by atoms with Crippen LogP contribution in [0.5, 0.6) is 0 Å². The van der Waals surface area contributed by atoms with Crippen LogP contribution in [0.25, 0.3) is 10.9 Å². The second-order valence-corrected chi connectivity index (χ2v) is 5.19. The number of ether oxygens (including phenoxy) is 1. The number of ketones is 1. The largest absolute Gasteiger partial charge is 0.389 e. The van der Waals surface area contributed by atoms with E-state index in [4.69, 9.17) is 4.74 Å². The molecule has 2 aromatic rings. The molecule has 0 spiro atoms. The maximum Gasteiger partial charge on any atom is 0.180 e. The van der Waals surface area contributed by atoms with Gasteiger partial charge in [0.05, 0.1) is 24.8 Å². The topological polar surface area (TPSA) is 64.3 Å². The van der Waals surface area contributed by atoms with Gasteiger partial charge >= 0.3 is 0 Å². The maximum absolute atomic E-state index is 11.6. The highest BCUT2D eigenvalue weighted by atomic mass is 16.5. The summed E-state index contributed by atoms with van der Waals surface area (Å²) in [5.74, 6) is -0.0707. The number of nitrogens with zero attached hydrogens (tertiary/aromatic N) is 2. The van der Waals surface area contributed by atoms with Gasteiger partial charge in [0, 0.05) is 18.9 Å². The van der Waals surface area contributed by atoms with Gasteiger partial charge in [-0.05, 0) is 12.5 Å². The third-order valence-electron chi connectivity index (χ3n) is 3.33. The molecule has 0 bridgehead atoms. The number of unbranched alkanes of at least 4 members (excludes halogenated alkanes) is 1. The first-order chi connectivity index (χ1) is 10.1. The lowest BCUT2D eigenvalue weighted by Gasteiger charge is -2.12. The second kappa shape index (κ2) is 7.33. The fraction of sp³-hybridized carbons (Fsp3) is 0.500. The van der Waals surface area contributed by atoms with Crippen molar-refractivity contribution in [2.75, 3.05) is 13.2 Å². The van der Waals surface area contributed by atoms with Crippen LogP contribution >= 0.6 is 0 Å². The van der Waals surface area contributed by atoms with E-state index in [1.807, 2.05) is 24.3 Å². The maximum atomic E-state index is 11.6. The molecule has 0 amide bonds. The number of Topliss-reactive ketones (excluding diaryl/α,β-unsaturated/α-hetero) is 1. The van der Waals surface area contributed by atoms with Crippen molar-refractivity contribution < 1.29 is 14.6 Å². The third kappa shape index (κ3) is 3.89. The zero-order valence-electron chi connectivity index (χ0n) is 12.6. The zero-order valence-corrected chi connectivity index (χ0v) is 12.6. The summed E-state index contributed by atoms with van der Waals surface area (Å²) in [4.78, 5) is 11.6. The molecule has 0 radical (unpaired) electrons. The van der Waals surface area contributed by atoms with Gasteiger partial charge in [0.1, 0.15) is 5.69 Å². The van der Waals surface area contributed by atoms with Crippen LogP contribution in [0.3, 0.4) is 0 Å². The minimum Gasteiger partial charge on any atom is -0.389 e. The van der Waals surface area contributed by atoms with Crippen LogP contribution in [0.1, 0.15) is 37.2 Å². The SMILES string of the molecule is CCCCOCC(O)Cn1nc(C(C)=O)c2ccccc21. The molecular weight excluding hydrogens is 268 g/mol. The number of carbonyl (C=O) groups excluding carboxylic acids is 1. The highest BCUT2D eigenvalue weighted by molar-refractivity contribution is 6.04. The molecule has 21 heavy (non-hydrogen) atoms. The highest BCUT2D eigenvalue weighted by Crippen LogP contribution is 2.19. The minimum atomic E-state index is -0.634. The summed E-state index contributed by atoms with van der Waals surface area (Å²) in [6.07, 6.45) is 1.43. The van der Waals surface area contributed by atoms with Gasteiger partial charge < -0.3 is 9.84 Å². The molecule has 1 aromatic carbocycles. The molecule has 0 aliphatic carbocycles. The first kappa shape index (κ1) is 15.7. The van der Waals surface area contributed by atoms with Crippen LogP contribution in [0.4, 0.5) is 0 Å². The first-order valence-electron chi connectivity index (χ1n) is 7.35. The van der Waals surface area contributed by atoms with E-state index in [0.717, 1.165) is 23.7 Å². The van der Waals surface area contributed by atoms with Gasteiger partial charge in [-0.25, -0.2) is 0 Å². The number of rotatable bonds is 8. The molecule has 114 valence electrons. The summed E-state index contributed by atoms with van der Waals surface area (Å²) in [6.45, 7) is 4.86. The van der Waals surface area contributed by atoms with Crippen LogP contribution < -0.4 is 0 Å². The van der Waals surface area contributed by atoms with Gasteiger partial charge in [-0.15, -0.1) is 0 Å². The fourth-order valence-electron chi connectivity index (χ4n) is 2.24. The number of aromatic nitrogens is 2. The van der Waals surface area contributed by atoms with Gasteiger partial charge in [0.15, 0.2) is 5.78 Å². The Morgan fingerprint density at radius 3 is 2.90 bits per heavy atom. The molecule has 5 nitrogen and oxygen atoms in total. The Morgan fingerprint density at radius 2 is 2.19 bits per heavy atom. The Morgan fingerprint density at radius 1 is 1.43 bits per heavy atom. The molecule has 5 heteroatoms. The van der Waals surface area contributed by atoms with Crippen LogP contribution in [0.15, 0.2) is 24.3 Å². The van der Waals surface area contributed by atoms with Gasteiger partial charge in [-0.3, -0.25) is 9.48 Å². The molecule has 1 N–H and O–H groups in total. The Bertz CT molecular complexity index is 607. The number of aliphatic hydroxyl groups excluding tert-OH is 1. The monoisotopic (exact) mass is 290 g/mol. The number of aliphatic hydroxyl groups is 1.